The highest BCUT2D eigenvalue weighted by Crippen LogP contribution is 2.32. The minimum atomic E-state index is -4.78. The molecule has 0 aliphatic rings. The molecule has 0 fully saturated rings. The molecule has 0 N–H and O–H groups in total. The number of ketones is 1. The lowest BCUT2D eigenvalue weighted by Gasteiger charge is -2.18. The second-order valence-electron chi connectivity index (χ2n) is 3.83. The lowest BCUT2D eigenvalue weighted by atomic mass is 9.94. The molecule has 3 nitrogen and oxygen atoms in total. The molecule has 1 atom stereocenters. The number of alkyl halides is 3. The van der Waals surface area contributed by atoms with Crippen LogP contribution in [0.1, 0.15) is 23.7 Å². The van der Waals surface area contributed by atoms with Gasteiger partial charge in [-0.05, 0) is 6.92 Å². The third-order valence-electron chi connectivity index (χ3n) is 2.45. The van der Waals surface area contributed by atoms with Crippen LogP contribution in [0.2, 0.25) is 0 Å². The number of carbonyl (C=O) groups excluding carboxylic acids is 2. The quantitative estimate of drug-likeness (QED) is 0.612. The van der Waals surface area contributed by atoms with E-state index in [9.17, 15) is 22.8 Å². The monoisotopic (exact) mass is 274 g/mol. The summed E-state index contributed by atoms with van der Waals surface area (Å²) in [6.07, 6.45) is -5.77. The highest BCUT2D eigenvalue weighted by atomic mass is 19.4. The van der Waals surface area contributed by atoms with E-state index in [0.717, 1.165) is 0 Å². The van der Waals surface area contributed by atoms with Gasteiger partial charge in [-0.2, -0.15) is 13.2 Å². The van der Waals surface area contributed by atoms with E-state index in [-0.39, 0.29) is 12.2 Å². The Bertz CT molecular complexity index is 440. The van der Waals surface area contributed by atoms with Gasteiger partial charge in [-0.3, -0.25) is 9.59 Å². The van der Waals surface area contributed by atoms with Crippen molar-refractivity contribution in [2.75, 3.05) is 6.61 Å². The molecule has 1 rings (SSSR count). The fourth-order valence-electron chi connectivity index (χ4n) is 1.55. The van der Waals surface area contributed by atoms with Crippen LogP contribution in [0.25, 0.3) is 0 Å². The SMILES string of the molecule is CCOC(=O)CC(C(=O)c1ccccc1)C(F)(F)F. The van der Waals surface area contributed by atoms with Crippen LogP contribution in [0.5, 0.6) is 0 Å². The summed E-state index contributed by atoms with van der Waals surface area (Å²) in [4.78, 5) is 23.0. The fourth-order valence-corrected chi connectivity index (χ4v) is 1.55. The second kappa shape index (κ2) is 6.36. The molecule has 0 aliphatic heterocycles. The molecule has 0 aromatic heterocycles. The number of ether oxygens (including phenoxy) is 1. The number of hydrogen-bond donors (Lipinski definition) is 0. The van der Waals surface area contributed by atoms with Gasteiger partial charge >= 0.3 is 12.1 Å². The minimum absolute atomic E-state index is 0.0249. The van der Waals surface area contributed by atoms with E-state index >= 15 is 0 Å². The first-order valence-electron chi connectivity index (χ1n) is 5.67. The number of rotatable bonds is 5. The Morgan fingerprint density at radius 2 is 1.79 bits per heavy atom. The summed E-state index contributed by atoms with van der Waals surface area (Å²) in [6.45, 7) is 1.46. The smallest absolute Gasteiger partial charge is 0.399 e. The molecular weight excluding hydrogens is 261 g/mol. The van der Waals surface area contributed by atoms with Gasteiger partial charge in [-0.15, -0.1) is 0 Å². The zero-order chi connectivity index (χ0) is 14.5. The summed E-state index contributed by atoms with van der Waals surface area (Å²) in [6, 6.07) is 7.08. The van der Waals surface area contributed by atoms with Gasteiger partial charge in [0, 0.05) is 5.56 Å². The minimum Gasteiger partial charge on any atom is -0.466 e. The molecule has 0 radical (unpaired) electrons. The molecule has 0 aliphatic carbocycles. The largest absolute Gasteiger partial charge is 0.466 e. The average molecular weight is 274 g/mol. The van der Waals surface area contributed by atoms with Crippen molar-refractivity contribution < 1.29 is 27.5 Å². The fraction of sp³-hybridized carbons (Fsp3) is 0.385. The molecule has 19 heavy (non-hydrogen) atoms. The number of benzene rings is 1. The molecule has 6 heteroatoms. The van der Waals surface area contributed by atoms with Crippen molar-refractivity contribution in [1.29, 1.82) is 0 Å². The first kappa shape index (κ1) is 15.2. The van der Waals surface area contributed by atoms with Gasteiger partial charge in [0.05, 0.1) is 13.0 Å². The Balaban J connectivity index is 2.92. The third kappa shape index (κ3) is 4.39. The van der Waals surface area contributed by atoms with Crippen molar-refractivity contribution in [3.8, 4) is 0 Å². The Morgan fingerprint density at radius 1 is 1.21 bits per heavy atom. The standard InChI is InChI=1S/C13H13F3O3/c1-2-19-11(17)8-10(13(14,15)16)12(18)9-6-4-3-5-7-9/h3-7,10H,2,8H2,1H3. The predicted octanol–water partition coefficient (Wildman–Crippen LogP) is 3.00. The van der Waals surface area contributed by atoms with E-state index in [4.69, 9.17) is 0 Å². The van der Waals surface area contributed by atoms with Crippen molar-refractivity contribution in [2.24, 2.45) is 5.92 Å². The number of Topliss-reactive ketones (excluding diaryl/α,β-unsaturated/α-hetero) is 1. The zero-order valence-electron chi connectivity index (χ0n) is 10.2. The zero-order valence-corrected chi connectivity index (χ0v) is 10.2. The van der Waals surface area contributed by atoms with Crippen molar-refractivity contribution >= 4 is 11.8 Å². The lowest BCUT2D eigenvalue weighted by molar-refractivity contribution is -0.173. The molecule has 0 saturated heterocycles. The molecule has 1 aromatic rings. The van der Waals surface area contributed by atoms with E-state index in [2.05, 4.69) is 4.74 Å². The topological polar surface area (TPSA) is 43.4 Å². The van der Waals surface area contributed by atoms with Crippen LogP contribution >= 0.6 is 0 Å². The van der Waals surface area contributed by atoms with Crippen molar-refractivity contribution in [3.63, 3.8) is 0 Å². The molecule has 1 aromatic carbocycles. The number of carbonyl (C=O) groups is 2. The summed E-state index contributed by atoms with van der Waals surface area (Å²) in [5.41, 5.74) is -0.0749. The molecular formula is C13H13F3O3. The molecule has 0 heterocycles. The molecule has 0 amide bonds. The van der Waals surface area contributed by atoms with Crippen LogP contribution in [0.3, 0.4) is 0 Å². The highest BCUT2D eigenvalue weighted by molar-refractivity contribution is 5.99. The van der Waals surface area contributed by atoms with Gasteiger partial charge in [0.2, 0.25) is 0 Å². The first-order chi connectivity index (χ1) is 8.86. The molecule has 1 unspecified atom stereocenters. The number of esters is 1. The lowest BCUT2D eigenvalue weighted by Crippen LogP contribution is -2.33. The summed E-state index contributed by atoms with van der Waals surface area (Å²) >= 11 is 0. The Morgan fingerprint density at radius 3 is 2.26 bits per heavy atom. The molecule has 104 valence electrons. The maximum absolute atomic E-state index is 12.8. The van der Waals surface area contributed by atoms with Crippen molar-refractivity contribution in [3.05, 3.63) is 35.9 Å². The van der Waals surface area contributed by atoms with Gasteiger partial charge in [0.15, 0.2) is 5.78 Å². The summed E-state index contributed by atoms with van der Waals surface area (Å²) in [5.74, 6) is -4.52. The molecule has 0 bridgehead atoms. The van der Waals surface area contributed by atoms with Crippen LogP contribution in [0, 0.1) is 5.92 Å². The second-order valence-corrected chi connectivity index (χ2v) is 3.83. The van der Waals surface area contributed by atoms with Gasteiger partial charge in [0.1, 0.15) is 5.92 Å². The van der Waals surface area contributed by atoms with Crippen LogP contribution in [0.4, 0.5) is 13.2 Å². The summed E-state index contributed by atoms with van der Waals surface area (Å²) in [7, 11) is 0. The van der Waals surface area contributed by atoms with Crippen LogP contribution in [0.15, 0.2) is 30.3 Å². The van der Waals surface area contributed by atoms with E-state index in [1.165, 1.54) is 31.2 Å². The maximum Gasteiger partial charge on any atom is 0.399 e. The van der Waals surface area contributed by atoms with Crippen LogP contribution in [-0.2, 0) is 9.53 Å². The number of halogens is 3. The Hall–Kier alpha value is -1.85. The van der Waals surface area contributed by atoms with Gasteiger partial charge in [0.25, 0.3) is 0 Å². The normalized spacial score (nSPS) is 12.8. The van der Waals surface area contributed by atoms with Gasteiger partial charge in [-0.25, -0.2) is 0 Å². The highest BCUT2D eigenvalue weighted by Gasteiger charge is 2.46. The predicted molar refractivity (Wildman–Crippen MR) is 61.6 cm³/mol. The van der Waals surface area contributed by atoms with E-state index in [1.54, 1.807) is 6.07 Å². The first-order valence-corrected chi connectivity index (χ1v) is 5.67. The van der Waals surface area contributed by atoms with Crippen LogP contribution in [-0.4, -0.2) is 24.5 Å². The van der Waals surface area contributed by atoms with Gasteiger partial charge < -0.3 is 4.74 Å². The van der Waals surface area contributed by atoms with Gasteiger partial charge in [-0.1, -0.05) is 30.3 Å². The summed E-state index contributed by atoms with van der Waals surface area (Å²) < 4.78 is 42.9. The molecule has 0 spiro atoms. The van der Waals surface area contributed by atoms with Crippen molar-refractivity contribution in [1.82, 2.24) is 0 Å². The average Bonchev–Trinajstić information content (AvgIpc) is 2.35. The van der Waals surface area contributed by atoms with E-state index in [1.807, 2.05) is 0 Å². The molecule has 0 saturated carbocycles. The Kier molecular flexibility index (Phi) is 5.09. The van der Waals surface area contributed by atoms with E-state index < -0.39 is 30.3 Å². The van der Waals surface area contributed by atoms with E-state index in [0.29, 0.717) is 0 Å². The number of hydrogen-bond acceptors (Lipinski definition) is 3. The third-order valence-corrected chi connectivity index (χ3v) is 2.45. The summed E-state index contributed by atoms with van der Waals surface area (Å²) in [5, 5.41) is 0. The Labute approximate surface area is 108 Å². The van der Waals surface area contributed by atoms with Crippen molar-refractivity contribution in [2.45, 2.75) is 19.5 Å². The maximum atomic E-state index is 12.8. The van der Waals surface area contributed by atoms with Crippen LogP contribution < -0.4 is 0 Å².